The Hall–Kier alpha value is -0.900. The molecule has 3 nitrogen and oxygen atoms in total. The molecule has 1 aliphatic heterocycles. The van der Waals surface area contributed by atoms with Crippen LogP contribution < -0.4 is 16.6 Å². The molecule has 0 spiro atoms. The number of aryl methyl sites for hydroxylation is 2. The van der Waals surface area contributed by atoms with E-state index in [0.29, 0.717) is 18.0 Å². The van der Waals surface area contributed by atoms with E-state index in [9.17, 15) is 0 Å². The molecule has 1 fully saturated rings. The number of fused-ring (bicyclic) bond motifs is 1. The monoisotopic (exact) mass is 245 g/mol. The van der Waals surface area contributed by atoms with Crippen LogP contribution in [0.3, 0.4) is 0 Å². The van der Waals surface area contributed by atoms with Gasteiger partial charge in [0.05, 0.1) is 6.04 Å². The summed E-state index contributed by atoms with van der Waals surface area (Å²) in [6.45, 7) is 2.92. The van der Waals surface area contributed by atoms with Crippen LogP contribution in [-0.2, 0) is 12.8 Å². The zero-order valence-corrected chi connectivity index (χ0v) is 11.1. The third-order valence-electron chi connectivity index (χ3n) is 4.54. The lowest BCUT2D eigenvalue weighted by molar-refractivity contribution is 0.444. The van der Waals surface area contributed by atoms with Gasteiger partial charge in [-0.25, -0.2) is 5.43 Å². The maximum atomic E-state index is 5.91. The van der Waals surface area contributed by atoms with Gasteiger partial charge in [-0.05, 0) is 55.8 Å². The van der Waals surface area contributed by atoms with E-state index in [-0.39, 0.29) is 0 Å². The fourth-order valence-corrected chi connectivity index (χ4v) is 3.34. The molecule has 3 atom stereocenters. The van der Waals surface area contributed by atoms with Gasteiger partial charge in [-0.2, -0.15) is 0 Å². The minimum Gasteiger partial charge on any atom is -0.330 e. The van der Waals surface area contributed by atoms with Gasteiger partial charge in [0, 0.05) is 12.0 Å². The van der Waals surface area contributed by atoms with Gasteiger partial charge >= 0.3 is 0 Å². The summed E-state index contributed by atoms with van der Waals surface area (Å²) in [7, 11) is 0. The molecular formula is C15H23N3. The van der Waals surface area contributed by atoms with Crippen LogP contribution in [-0.4, -0.2) is 12.6 Å². The topological polar surface area (TPSA) is 50.1 Å². The van der Waals surface area contributed by atoms with Gasteiger partial charge in [-0.15, -0.1) is 0 Å². The molecule has 1 saturated heterocycles. The largest absolute Gasteiger partial charge is 0.330 e. The van der Waals surface area contributed by atoms with Crippen LogP contribution in [0.4, 0.5) is 0 Å². The lowest BCUT2D eigenvalue weighted by Crippen LogP contribution is -2.30. The molecule has 3 heteroatoms. The van der Waals surface area contributed by atoms with Crippen LogP contribution in [0, 0.1) is 5.92 Å². The summed E-state index contributed by atoms with van der Waals surface area (Å²) in [4.78, 5) is 0. The van der Waals surface area contributed by atoms with Crippen molar-refractivity contribution in [3.8, 4) is 0 Å². The van der Waals surface area contributed by atoms with Crippen molar-refractivity contribution < 1.29 is 0 Å². The number of rotatable bonds is 2. The molecule has 2 aliphatic rings. The second-order valence-electron chi connectivity index (χ2n) is 5.69. The van der Waals surface area contributed by atoms with Crippen molar-refractivity contribution in [2.45, 2.75) is 44.7 Å². The summed E-state index contributed by atoms with van der Waals surface area (Å²) in [5, 5.41) is 0. The van der Waals surface area contributed by atoms with Gasteiger partial charge in [0.1, 0.15) is 0 Å². The maximum absolute atomic E-state index is 5.91. The van der Waals surface area contributed by atoms with Crippen molar-refractivity contribution in [1.29, 1.82) is 0 Å². The van der Waals surface area contributed by atoms with Crippen LogP contribution >= 0.6 is 0 Å². The SMILES string of the molecule is CC1NNC(c2ccc3c(c2)CCCC3)C1CN. The Bertz CT molecular complexity index is 430. The van der Waals surface area contributed by atoms with Crippen molar-refractivity contribution in [2.24, 2.45) is 11.7 Å². The lowest BCUT2D eigenvalue weighted by Gasteiger charge is -2.22. The van der Waals surface area contributed by atoms with Gasteiger partial charge in [0.25, 0.3) is 0 Å². The first-order valence-corrected chi connectivity index (χ1v) is 7.12. The van der Waals surface area contributed by atoms with Crippen molar-refractivity contribution in [1.82, 2.24) is 10.9 Å². The first-order valence-electron chi connectivity index (χ1n) is 7.12. The van der Waals surface area contributed by atoms with Gasteiger partial charge in [-0.1, -0.05) is 18.2 Å². The third-order valence-corrected chi connectivity index (χ3v) is 4.54. The van der Waals surface area contributed by atoms with Gasteiger partial charge in [-0.3, -0.25) is 5.43 Å². The molecule has 0 saturated carbocycles. The average molecular weight is 245 g/mol. The Balaban J connectivity index is 1.88. The number of hydrogen-bond acceptors (Lipinski definition) is 3. The van der Waals surface area contributed by atoms with Gasteiger partial charge < -0.3 is 5.73 Å². The maximum Gasteiger partial charge on any atom is 0.0518 e. The third kappa shape index (κ3) is 2.07. The summed E-state index contributed by atoms with van der Waals surface area (Å²) >= 11 is 0. The zero-order valence-electron chi connectivity index (χ0n) is 11.1. The summed E-state index contributed by atoms with van der Waals surface area (Å²) in [5.41, 5.74) is 17.1. The molecule has 3 unspecified atom stereocenters. The van der Waals surface area contributed by atoms with E-state index in [1.54, 1.807) is 11.1 Å². The van der Waals surface area contributed by atoms with Crippen LogP contribution in [0.25, 0.3) is 0 Å². The fraction of sp³-hybridized carbons (Fsp3) is 0.600. The number of hydrogen-bond donors (Lipinski definition) is 3. The molecule has 0 aromatic heterocycles. The van der Waals surface area contributed by atoms with Crippen LogP contribution in [0.2, 0.25) is 0 Å². The number of nitrogens with one attached hydrogen (secondary N) is 2. The highest BCUT2D eigenvalue weighted by atomic mass is 15.4. The lowest BCUT2D eigenvalue weighted by atomic mass is 9.85. The van der Waals surface area contributed by atoms with Crippen LogP contribution in [0.15, 0.2) is 18.2 Å². The first kappa shape index (κ1) is 12.2. The molecule has 0 bridgehead atoms. The average Bonchev–Trinajstić information content (AvgIpc) is 2.79. The van der Waals surface area contributed by atoms with E-state index in [1.165, 1.54) is 31.2 Å². The van der Waals surface area contributed by atoms with Crippen LogP contribution in [0.5, 0.6) is 0 Å². The smallest absolute Gasteiger partial charge is 0.0518 e. The second-order valence-corrected chi connectivity index (χ2v) is 5.69. The highest BCUT2D eigenvalue weighted by Crippen LogP contribution is 2.31. The molecule has 1 aromatic rings. The molecule has 1 heterocycles. The molecule has 4 N–H and O–H groups in total. The number of hydrazine groups is 1. The summed E-state index contributed by atoms with van der Waals surface area (Å²) in [5.74, 6) is 0.478. The molecule has 1 aliphatic carbocycles. The van der Waals surface area contributed by atoms with Crippen LogP contribution in [0.1, 0.15) is 42.5 Å². The molecule has 18 heavy (non-hydrogen) atoms. The minimum absolute atomic E-state index is 0.359. The Morgan fingerprint density at radius 3 is 2.72 bits per heavy atom. The molecule has 3 rings (SSSR count). The number of nitrogens with two attached hydrogens (primary N) is 1. The van der Waals surface area contributed by atoms with Crippen molar-refractivity contribution >= 4 is 0 Å². The molecule has 1 aromatic carbocycles. The van der Waals surface area contributed by atoms with Crippen molar-refractivity contribution in [2.75, 3.05) is 6.54 Å². The molecule has 98 valence electrons. The Kier molecular flexibility index (Phi) is 3.37. The Labute approximate surface area is 109 Å². The zero-order chi connectivity index (χ0) is 12.5. The Morgan fingerprint density at radius 2 is 1.94 bits per heavy atom. The summed E-state index contributed by atoms with van der Waals surface area (Å²) in [6, 6.07) is 7.80. The summed E-state index contributed by atoms with van der Waals surface area (Å²) < 4.78 is 0. The molecule has 0 amide bonds. The quantitative estimate of drug-likeness (QED) is 0.743. The van der Waals surface area contributed by atoms with E-state index in [1.807, 2.05) is 0 Å². The van der Waals surface area contributed by atoms with Gasteiger partial charge in [0.2, 0.25) is 0 Å². The normalized spacial score (nSPS) is 31.3. The highest BCUT2D eigenvalue weighted by Gasteiger charge is 2.33. The van der Waals surface area contributed by atoms with Crippen molar-refractivity contribution in [3.63, 3.8) is 0 Å². The molecule has 0 radical (unpaired) electrons. The van der Waals surface area contributed by atoms with E-state index < -0.39 is 0 Å². The first-order chi connectivity index (χ1) is 8.79. The van der Waals surface area contributed by atoms with E-state index in [2.05, 4.69) is 36.0 Å². The minimum atomic E-state index is 0.359. The molecular weight excluding hydrogens is 222 g/mol. The van der Waals surface area contributed by atoms with Gasteiger partial charge in [0.15, 0.2) is 0 Å². The van der Waals surface area contributed by atoms with E-state index in [0.717, 1.165) is 6.54 Å². The predicted octanol–water partition coefficient (Wildman–Crippen LogP) is 1.68. The van der Waals surface area contributed by atoms with E-state index >= 15 is 0 Å². The summed E-state index contributed by atoms with van der Waals surface area (Å²) in [6.07, 6.45) is 5.18. The fourth-order valence-electron chi connectivity index (χ4n) is 3.34. The highest BCUT2D eigenvalue weighted by molar-refractivity contribution is 5.36. The van der Waals surface area contributed by atoms with E-state index in [4.69, 9.17) is 5.73 Å². The second kappa shape index (κ2) is 5.00. The standard InChI is InChI=1S/C15H23N3/c1-10-14(9-16)15(18-17-10)13-7-6-11-4-2-3-5-12(11)8-13/h6-8,10,14-15,17-18H,2-5,9,16H2,1H3. The van der Waals surface area contributed by atoms with Crippen molar-refractivity contribution in [3.05, 3.63) is 34.9 Å². The predicted molar refractivity (Wildman–Crippen MR) is 74.1 cm³/mol. The number of benzene rings is 1. The Morgan fingerprint density at radius 1 is 1.17 bits per heavy atom.